The zero-order valence-corrected chi connectivity index (χ0v) is 14.4. The van der Waals surface area contributed by atoms with Gasteiger partial charge in [0.15, 0.2) is 6.61 Å². The van der Waals surface area contributed by atoms with E-state index in [0.29, 0.717) is 13.1 Å². The van der Waals surface area contributed by atoms with Gasteiger partial charge in [0.1, 0.15) is 5.75 Å². The van der Waals surface area contributed by atoms with Gasteiger partial charge in [0.2, 0.25) is 0 Å². The maximum atomic E-state index is 12.4. The van der Waals surface area contributed by atoms with E-state index < -0.39 is 0 Å². The van der Waals surface area contributed by atoms with Crippen molar-refractivity contribution in [2.24, 2.45) is 0 Å². The van der Waals surface area contributed by atoms with Crippen LogP contribution in [-0.2, 0) is 11.3 Å². The number of ether oxygens (including phenoxy) is 1. The van der Waals surface area contributed by atoms with Crippen molar-refractivity contribution < 1.29 is 9.53 Å². The van der Waals surface area contributed by atoms with Gasteiger partial charge in [0.25, 0.3) is 5.91 Å². The van der Waals surface area contributed by atoms with Gasteiger partial charge in [-0.3, -0.25) is 4.79 Å². The van der Waals surface area contributed by atoms with E-state index in [1.807, 2.05) is 55.1 Å². The summed E-state index contributed by atoms with van der Waals surface area (Å²) in [6, 6.07) is 14.1. The molecule has 23 heavy (non-hydrogen) atoms. The molecule has 3 heteroatoms. The Labute approximate surface area is 138 Å². The summed E-state index contributed by atoms with van der Waals surface area (Å²) >= 11 is 0. The molecule has 0 N–H and O–H groups in total. The highest BCUT2D eigenvalue weighted by atomic mass is 16.5. The third kappa shape index (κ3) is 4.59. The van der Waals surface area contributed by atoms with Crippen LogP contribution in [-0.4, -0.2) is 24.0 Å². The van der Waals surface area contributed by atoms with Crippen molar-refractivity contribution in [1.29, 1.82) is 0 Å². The lowest BCUT2D eigenvalue weighted by atomic mass is 10.1. The summed E-state index contributed by atoms with van der Waals surface area (Å²) in [6.45, 7) is 9.49. The van der Waals surface area contributed by atoms with Crippen LogP contribution in [0.1, 0.15) is 29.2 Å². The van der Waals surface area contributed by atoms with E-state index in [2.05, 4.69) is 19.9 Å². The molecule has 2 aromatic carbocycles. The van der Waals surface area contributed by atoms with Gasteiger partial charge in [0.05, 0.1) is 0 Å². The maximum Gasteiger partial charge on any atom is 0.260 e. The molecule has 0 atom stereocenters. The molecule has 1 amide bonds. The van der Waals surface area contributed by atoms with Crippen LogP contribution in [0.5, 0.6) is 5.75 Å². The highest BCUT2D eigenvalue weighted by Gasteiger charge is 2.14. The smallest absolute Gasteiger partial charge is 0.260 e. The Morgan fingerprint density at radius 2 is 1.65 bits per heavy atom. The quantitative estimate of drug-likeness (QED) is 0.806. The summed E-state index contributed by atoms with van der Waals surface area (Å²) in [5, 5.41) is 0. The molecule has 0 aromatic heterocycles. The molecule has 0 aliphatic heterocycles. The van der Waals surface area contributed by atoms with Crippen LogP contribution in [0.25, 0.3) is 0 Å². The molecule has 0 unspecified atom stereocenters. The molecule has 2 aromatic rings. The first-order chi connectivity index (χ1) is 11.0. The Balaban J connectivity index is 1.99. The van der Waals surface area contributed by atoms with Crippen molar-refractivity contribution in [3.63, 3.8) is 0 Å². The van der Waals surface area contributed by atoms with Gasteiger partial charge in [-0.15, -0.1) is 0 Å². The van der Waals surface area contributed by atoms with Gasteiger partial charge >= 0.3 is 0 Å². The fraction of sp³-hybridized carbons (Fsp3) is 0.350. The predicted octanol–water partition coefficient (Wildman–Crippen LogP) is 4.04. The van der Waals surface area contributed by atoms with E-state index in [0.717, 1.165) is 16.9 Å². The first-order valence-corrected chi connectivity index (χ1v) is 8.03. The summed E-state index contributed by atoms with van der Waals surface area (Å²) in [4.78, 5) is 14.2. The summed E-state index contributed by atoms with van der Waals surface area (Å²) in [5.74, 6) is 0.797. The first kappa shape index (κ1) is 17.1. The molecule has 0 radical (unpaired) electrons. The van der Waals surface area contributed by atoms with E-state index in [-0.39, 0.29) is 12.5 Å². The first-order valence-electron chi connectivity index (χ1n) is 8.03. The number of carbonyl (C=O) groups is 1. The number of hydrogen-bond donors (Lipinski definition) is 0. The summed E-state index contributed by atoms with van der Waals surface area (Å²) in [6.07, 6.45) is 0. The second-order valence-corrected chi connectivity index (χ2v) is 5.88. The molecule has 0 fully saturated rings. The SMILES string of the molecule is CCN(Cc1ccccc1)C(=O)COc1cc(C)c(C)cc1C. The van der Waals surface area contributed by atoms with Gasteiger partial charge < -0.3 is 9.64 Å². The van der Waals surface area contributed by atoms with E-state index in [1.54, 1.807) is 0 Å². The Hall–Kier alpha value is -2.29. The lowest BCUT2D eigenvalue weighted by Crippen LogP contribution is -2.34. The van der Waals surface area contributed by atoms with Crippen molar-refractivity contribution in [2.75, 3.05) is 13.2 Å². The average Bonchev–Trinajstić information content (AvgIpc) is 2.55. The van der Waals surface area contributed by atoms with Gasteiger partial charge in [-0.05, 0) is 56.0 Å². The molecule has 0 saturated carbocycles. The minimum absolute atomic E-state index is 0.00832. The van der Waals surface area contributed by atoms with Crippen molar-refractivity contribution in [1.82, 2.24) is 4.90 Å². The molecule has 0 spiro atoms. The third-order valence-corrected chi connectivity index (χ3v) is 4.09. The zero-order chi connectivity index (χ0) is 16.8. The number of hydrogen-bond acceptors (Lipinski definition) is 2. The highest BCUT2D eigenvalue weighted by Crippen LogP contribution is 2.22. The minimum Gasteiger partial charge on any atom is -0.483 e. The fourth-order valence-corrected chi connectivity index (χ4v) is 2.50. The maximum absolute atomic E-state index is 12.4. The number of nitrogens with zero attached hydrogens (tertiary/aromatic N) is 1. The van der Waals surface area contributed by atoms with E-state index in [9.17, 15) is 4.79 Å². The molecule has 0 aliphatic carbocycles. The number of amides is 1. The molecule has 3 nitrogen and oxygen atoms in total. The van der Waals surface area contributed by atoms with Crippen LogP contribution in [0.4, 0.5) is 0 Å². The van der Waals surface area contributed by atoms with Crippen molar-refractivity contribution >= 4 is 5.91 Å². The van der Waals surface area contributed by atoms with E-state index in [4.69, 9.17) is 4.74 Å². The topological polar surface area (TPSA) is 29.5 Å². The van der Waals surface area contributed by atoms with Gasteiger partial charge in [-0.1, -0.05) is 36.4 Å². The fourth-order valence-electron chi connectivity index (χ4n) is 2.50. The Bertz CT molecular complexity index is 665. The molecular formula is C20H25NO2. The lowest BCUT2D eigenvalue weighted by Gasteiger charge is -2.21. The average molecular weight is 311 g/mol. The van der Waals surface area contributed by atoms with Gasteiger partial charge in [-0.2, -0.15) is 0 Å². The largest absolute Gasteiger partial charge is 0.483 e. The van der Waals surface area contributed by atoms with Crippen LogP contribution in [0.3, 0.4) is 0 Å². The van der Waals surface area contributed by atoms with Crippen LogP contribution < -0.4 is 4.74 Å². The standard InChI is InChI=1S/C20H25NO2/c1-5-21(13-18-9-7-6-8-10-18)20(22)14-23-19-12-16(3)15(2)11-17(19)4/h6-12H,5,13-14H2,1-4H3. The highest BCUT2D eigenvalue weighted by molar-refractivity contribution is 5.77. The molecule has 122 valence electrons. The van der Waals surface area contributed by atoms with Crippen molar-refractivity contribution in [2.45, 2.75) is 34.2 Å². The number of rotatable bonds is 6. The van der Waals surface area contributed by atoms with Crippen molar-refractivity contribution in [3.05, 3.63) is 64.7 Å². The minimum atomic E-state index is 0.00832. The molecule has 0 saturated heterocycles. The lowest BCUT2D eigenvalue weighted by molar-refractivity contribution is -0.133. The summed E-state index contributed by atoms with van der Waals surface area (Å²) < 4.78 is 5.76. The number of likely N-dealkylation sites (N-methyl/N-ethyl adjacent to an activating group) is 1. The van der Waals surface area contributed by atoms with Crippen LogP contribution in [0.2, 0.25) is 0 Å². The molecule has 0 heterocycles. The van der Waals surface area contributed by atoms with E-state index in [1.165, 1.54) is 11.1 Å². The molecular weight excluding hydrogens is 286 g/mol. The third-order valence-electron chi connectivity index (χ3n) is 4.09. The molecule has 0 bridgehead atoms. The van der Waals surface area contributed by atoms with Gasteiger partial charge in [0, 0.05) is 13.1 Å². The molecule has 2 rings (SSSR count). The predicted molar refractivity (Wildman–Crippen MR) is 93.7 cm³/mol. The summed E-state index contributed by atoms with van der Waals surface area (Å²) in [5.41, 5.74) is 4.60. The number of aryl methyl sites for hydroxylation is 3. The molecule has 0 aliphatic rings. The van der Waals surface area contributed by atoms with E-state index >= 15 is 0 Å². The Morgan fingerprint density at radius 3 is 2.30 bits per heavy atom. The van der Waals surface area contributed by atoms with Crippen LogP contribution >= 0.6 is 0 Å². The monoisotopic (exact) mass is 311 g/mol. The zero-order valence-electron chi connectivity index (χ0n) is 14.4. The van der Waals surface area contributed by atoms with Crippen LogP contribution in [0, 0.1) is 20.8 Å². The van der Waals surface area contributed by atoms with Crippen LogP contribution in [0.15, 0.2) is 42.5 Å². The number of benzene rings is 2. The Kier molecular flexibility index (Phi) is 5.80. The number of carbonyl (C=O) groups excluding carboxylic acids is 1. The van der Waals surface area contributed by atoms with Gasteiger partial charge in [-0.25, -0.2) is 0 Å². The normalized spacial score (nSPS) is 10.4. The Morgan fingerprint density at radius 1 is 1.00 bits per heavy atom. The second kappa shape index (κ2) is 7.82. The van der Waals surface area contributed by atoms with Crippen molar-refractivity contribution in [3.8, 4) is 5.75 Å². The summed E-state index contributed by atoms with van der Waals surface area (Å²) in [7, 11) is 0. The second-order valence-electron chi connectivity index (χ2n) is 5.88.